The predicted molar refractivity (Wildman–Crippen MR) is 83.0 cm³/mol. The molecule has 0 bridgehead atoms. The van der Waals surface area contributed by atoms with E-state index in [4.69, 9.17) is 11.0 Å². The second-order valence-electron chi connectivity index (χ2n) is 5.66. The molecule has 1 aromatic carbocycles. The Labute approximate surface area is 121 Å². The van der Waals surface area contributed by atoms with E-state index in [0.717, 1.165) is 25.0 Å². The van der Waals surface area contributed by atoms with E-state index in [1.807, 2.05) is 32.5 Å². The lowest BCUT2D eigenvalue weighted by atomic mass is 9.89. The van der Waals surface area contributed by atoms with Crippen molar-refractivity contribution in [2.75, 3.05) is 5.75 Å². The molecular formula is C16H24N2S. The van der Waals surface area contributed by atoms with Crippen LogP contribution in [0, 0.1) is 16.7 Å². The average Bonchev–Trinajstić information content (AvgIpc) is 2.39. The van der Waals surface area contributed by atoms with Crippen LogP contribution < -0.4 is 5.73 Å². The van der Waals surface area contributed by atoms with Crippen LogP contribution in [0.15, 0.2) is 29.2 Å². The fourth-order valence-corrected chi connectivity index (χ4v) is 2.70. The zero-order chi connectivity index (χ0) is 14.3. The van der Waals surface area contributed by atoms with E-state index < -0.39 is 0 Å². The number of hydrogen-bond donors (Lipinski definition) is 1. The highest BCUT2D eigenvalue weighted by atomic mass is 32.2. The molecule has 1 atom stereocenters. The first-order valence-corrected chi connectivity index (χ1v) is 7.83. The molecule has 0 radical (unpaired) electrons. The molecule has 0 spiro atoms. The molecule has 0 saturated carbocycles. The first-order valence-electron chi connectivity index (χ1n) is 6.84. The van der Waals surface area contributed by atoms with Gasteiger partial charge in [0.15, 0.2) is 0 Å². The van der Waals surface area contributed by atoms with Crippen LogP contribution in [-0.2, 0) is 0 Å². The highest BCUT2D eigenvalue weighted by Crippen LogP contribution is 2.25. The Morgan fingerprint density at radius 3 is 2.42 bits per heavy atom. The van der Waals surface area contributed by atoms with Crippen molar-refractivity contribution in [3.8, 4) is 6.07 Å². The molecule has 2 nitrogen and oxygen atoms in total. The summed E-state index contributed by atoms with van der Waals surface area (Å²) in [7, 11) is 0. The molecule has 0 aromatic heterocycles. The summed E-state index contributed by atoms with van der Waals surface area (Å²) in [6, 6.07) is 10.9. The maximum absolute atomic E-state index is 8.93. The molecule has 19 heavy (non-hydrogen) atoms. The fraction of sp³-hybridized carbons (Fsp3) is 0.562. The zero-order valence-electron chi connectivity index (χ0n) is 12.1. The number of rotatable bonds is 7. The van der Waals surface area contributed by atoms with Crippen molar-refractivity contribution in [3.63, 3.8) is 0 Å². The smallest absolute Gasteiger partial charge is 0.0683 e. The van der Waals surface area contributed by atoms with Gasteiger partial charge in [0.25, 0.3) is 0 Å². The third-order valence-corrected chi connectivity index (χ3v) is 4.27. The van der Waals surface area contributed by atoms with E-state index in [1.165, 1.54) is 10.5 Å². The van der Waals surface area contributed by atoms with E-state index in [1.54, 1.807) is 0 Å². The van der Waals surface area contributed by atoms with Crippen LogP contribution in [0.4, 0.5) is 0 Å². The quantitative estimate of drug-likeness (QED) is 0.588. The summed E-state index contributed by atoms with van der Waals surface area (Å²) in [6.45, 7) is 6.01. The molecule has 1 unspecified atom stereocenters. The zero-order valence-corrected chi connectivity index (χ0v) is 13.0. The highest BCUT2D eigenvalue weighted by molar-refractivity contribution is 7.99. The number of nitriles is 1. The lowest BCUT2D eigenvalue weighted by Crippen LogP contribution is -2.07. The van der Waals surface area contributed by atoms with Gasteiger partial charge in [-0.1, -0.05) is 18.6 Å². The number of benzene rings is 1. The summed E-state index contributed by atoms with van der Waals surface area (Å²) in [6.07, 6.45) is 3.25. The number of nitrogens with zero attached hydrogens (tertiary/aromatic N) is 1. The number of nitrogens with two attached hydrogens (primary N) is 1. The van der Waals surface area contributed by atoms with Gasteiger partial charge < -0.3 is 5.73 Å². The summed E-state index contributed by atoms with van der Waals surface area (Å²) in [5.74, 6) is 1.11. The van der Waals surface area contributed by atoms with Gasteiger partial charge in [0.2, 0.25) is 0 Å². The third-order valence-electron chi connectivity index (χ3n) is 3.17. The molecule has 0 aliphatic rings. The fourth-order valence-electron chi connectivity index (χ4n) is 1.78. The van der Waals surface area contributed by atoms with Crippen molar-refractivity contribution in [3.05, 3.63) is 29.8 Å². The van der Waals surface area contributed by atoms with Gasteiger partial charge in [0.05, 0.1) is 11.5 Å². The molecule has 0 amide bonds. The second-order valence-corrected chi connectivity index (χ2v) is 6.83. The normalized spacial score (nSPS) is 13.0. The van der Waals surface area contributed by atoms with Gasteiger partial charge >= 0.3 is 0 Å². The van der Waals surface area contributed by atoms with Crippen LogP contribution in [0.2, 0.25) is 0 Å². The molecule has 104 valence electrons. The number of thioether (sulfide) groups is 1. The van der Waals surface area contributed by atoms with Crippen molar-refractivity contribution in [2.24, 2.45) is 11.1 Å². The maximum Gasteiger partial charge on any atom is 0.0683 e. The molecule has 1 aromatic rings. The minimum atomic E-state index is -0.177. The molecule has 0 aliphatic carbocycles. The lowest BCUT2D eigenvalue weighted by Gasteiger charge is -2.14. The van der Waals surface area contributed by atoms with E-state index in [0.29, 0.717) is 0 Å². The lowest BCUT2D eigenvalue weighted by molar-refractivity contribution is 0.433. The first-order chi connectivity index (χ1) is 8.94. The molecule has 0 saturated heterocycles. The monoisotopic (exact) mass is 276 g/mol. The van der Waals surface area contributed by atoms with Crippen molar-refractivity contribution in [2.45, 2.75) is 51.0 Å². The van der Waals surface area contributed by atoms with E-state index in [-0.39, 0.29) is 11.5 Å². The molecule has 3 heteroatoms. The topological polar surface area (TPSA) is 49.8 Å². The van der Waals surface area contributed by atoms with Gasteiger partial charge in [-0.3, -0.25) is 0 Å². The number of unbranched alkanes of at least 4 members (excludes halogenated alkanes) is 1. The summed E-state index contributed by atoms with van der Waals surface area (Å²) in [4.78, 5) is 1.30. The molecule has 2 N–H and O–H groups in total. The van der Waals surface area contributed by atoms with Gasteiger partial charge in [-0.15, -0.1) is 11.8 Å². The molecular weight excluding hydrogens is 252 g/mol. The summed E-state index contributed by atoms with van der Waals surface area (Å²) in [5.41, 5.74) is 6.83. The first kappa shape index (κ1) is 16.1. The Kier molecular flexibility index (Phi) is 6.41. The molecule has 1 rings (SSSR count). The van der Waals surface area contributed by atoms with Gasteiger partial charge in [-0.2, -0.15) is 5.26 Å². The van der Waals surface area contributed by atoms with Crippen molar-refractivity contribution < 1.29 is 0 Å². The summed E-state index contributed by atoms with van der Waals surface area (Å²) < 4.78 is 0. The summed E-state index contributed by atoms with van der Waals surface area (Å²) in [5, 5.41) is 8.93. The molecule has 0 heterocycles. The number of hydrogen-bond acceptors (Lipinski definition) is 3. The minimum absolute atomic E-state index is 0.104. The Balaban J connectivity index is 2.25. The van der Waals surface area contributed by atoms with Gasteiger partial charge in [-0.05, 0) is 57.1 Å². The largest absolute Gasteiger partial charge is 0.324 e. The van der Waals surface area contributed by atoms with Crippen LogP contribution in [0.1, 0.15) is 51.6 Å². The predicted octanol–water partition coefficient (Wildman–Crippen LogP) is 4.52. The van der Waals surface area contributed by atoms with Crippen LogP contribution in [0.25, 0.3) is 0 Å². The van der Waals surface area contributed by atoms with Gasteiger partial charge in [-0.25, -0.2) is 0 Å². The van der Waals surface area contributed by atoms with Gasteiger partial charge in [0.1, 0.15) is 0 Å². The molecule has 0 fully saturated rings. The van der Waals surface area contributed by atoms with Crippen molar-refractivity contribution >= 4 is 11.8 Å². The Morgan fingerprint density at radius 1 is 1.26 bits per heavy atom. The third kappa shape index (κ3) is 6.13. The molecule has 0 aliphatic heterocycles. The van der Waals surface area contributed by atoms with Crippen LogP contribution >= 0.6 is 11.8 Å². The SMILES string of the molecule is CC(N)c1ccc(SCCCCC(C)(C)C#N)cc1. The van der Waals surface area contributed by atoms with Crippen LogP contribution in [-0.4, -0.2) is 5.75 Å². The Hall–Kier alpha value is -0.980. The van der Waals surface area contributed by atoms with Crippen LogP contribution in [0.5, 0.6) is 0 Å². The minimum Gasteiger partial charge on any atom is -0.324 e. The summed E-state index contributed by atoms with van der Waals surface area (Å²) >= 11 is 1.88. The van der Waals surface area contributed by atoms with E-state index in [9.17, 15) is 0 Å². The second kappa shape index (κ2) is 7.57. The van der Waals surface area contributed by atoms with E-state index in [2.05, 4.69) is 30.3 Å². The average molecular weight is 276 g/mol. The maximum atomic E-state index is 8.93. The van der Waals surface area contributed by atoms with Crippen LogP contribution in [0.3, 0.4) is 0 Å². The highest BCUT2D eigenvalue weighted by Gasteiger charge is 2.15. The van der Waals surface area contributed by atoms with Crippen molar-refractivity contribution in [1.29, 1.82) is 5.26 Å². The Morgan fingerprint density at radius 2 is 1.89 bits per heavy atom. The van der Waals surface area contributed by atoms with Crippen molar-refractivity contribution in [1.82, 2.24) is 0 Å². The van der Waals surface area contributed by atoms with E-state index >= 15 is 0 Å². The Bertz CT molecular complexity index is 415. The van der Waals surface area contributed by atoms with Gasteiger partial charge in [0, 0.05) is 10.9 Å². The standard InChI is InChI=1S/C16H24N2S/c1-13(18)14-6-8-15(9-7-14)19-11-5-4-10-16(2,3)12-17/h6-9,13H,4-5,10-11,18H2,1-3H3.